The van der Waals surface area contributed by atoms with Gasteiger partial charge in [-0.25, -0.2) is 4.98 Å². The standard InChI is InChI=1S/C9H14N2O3/c1-13-8-4-11-9(14-2)3-6(8)7(10)5-12/h3-4,7,12H,5,10H2,1-2H3. The number of methoxy groups -OCH3 is 2. The van der Waals surface area contributed by atoms with Crippen LogP contribution in [0.4, 0.5) is 0 Å². The lowest BCUT2D eigenvalue weighted by Crippen LogP contribution is -2.15. The van der Waals surface area contributed by atoms with Gasteiger partial charge in [-0.3, -0.25) is 0 Å². The maximum atomic E-state index is 8.93. The van der Waals surface area contributed by atoms with Crippen molar-refractivity contribution in [3.63, 3.8) is 0 Å². The fourth-order valence-electron chi connectivity index (χ4n) is 1.11. The van der Waals surface area contributed by atoms with E-state index in [0.717, 1.165) is 0 Å². The van der Waals surface area contributed by atoms with Crippen LogP contribution in [0.2, 0.25) is 0 Å². The maximum absolute atomic E-state index is 8.93. The summed E-state index contributed by atoms with van der Waals surface area (Å²) in [5.41, 5.74) is 6.36. The molecule has 0 amide bonds. The van der Waals surface area contributed by atoms with E-state index in [9.17, 15) is 0 Å². The number of nitrogens with two attached hydrogens (primary N) is 1. The Balaban J connectivity index is 3.08. The molecule has 0 bridgehead atoms. The van der Waals surface area contributed by atoms with Crippen molar-refractivity contribution in [2.24, 2.45) is 5.73 Å². The summed E-state index contributed by atoms with van der Waals surface area (Å²) in [6, 6.07) is 1.17. The molecule has 1 rings (SSSR count). The van der Waals surface area contributed by atoms with E-state index >= 15 is 0 Å². The molecule has 1 atom stereocenters. The van der Waals surface area contributed by atoms with Gasteiger partial charge in [0.15, 0.2) is 0 Å². The normalized spacial score (nSPS) is 12.3. The summed E-state index contributed by atoms with van der Waals surface area (Å²) in [6.45, 7) is -0.149. The van der Waals surface area contributed by atoms with Crippen molar-refractivity contribution in [1.82, 2.24) is 4.98 Å². The molecule has 0 aliphatic heterocycles. The number of pyridine rings is 1. The highest BCUT2D eigenvalue weighted by Crippen LogP contribution is 2.25. The third kappa shape index (κ3) is 2.12. The number of hydrogen-bond acceptors (Lipinski definition) is 5. The predicted octanol–water partition coefficient (Wildman–Crippen LogP) is 0.0909. The highest BCUT2D eigenvalue weighted by Gasteiger charge is 2.12. The van der Waals surface area contributed by atoms with Crippen molar-refractivity contribution in [3.05, 3.63) is 17.8 Å². The van der Waals surface area contributed by atoms with Crippen molar-refractivity contribution in [2.45, 2.75) is 6.04 Å². The molecule has 5 heteroatoms. The Hall–Kier alpha value is -1.33. The van der Waals surface area contributed by atoms with Gasteiger partial charge in [0.25, 0.3) is 0 Å². The molecule has 1 heterocycles. The van der Waals surface area contributed by atoms with Gasteiger partial charge in [0.2, 0.25) is 5.88 Å². The van der Waals surface area contributed by atoms with E-state index in [1.165, 1.54) is 20.4 Å². The molecule has 0 saturated heterocycles. The van der Waals surface area contributed by atoms with E-state index in [0.29, 0.717) is 17.2 Å². The topological polar surface area (TPSA) is 77.6 Å². The van der Waals surface area contributed by atoms with Crippen LogP contribution >= 0.6 is 0 Å². The summed E-state index contributed by atoms with van der Waals surface area (Å²) in [5, 5.41) is 8.93. The summed E-state index contributed by atoms with van der Waals surface area (Å²) < 4.78 is 10.0. The van der Waals surface area contributed by atoms with Crippen LogP contribution in [0.3, 0.4) is 0 Å². The lowest BCUT2D eigenvalue weighted by atomic mass is 10.1. The first-order chi connectivity index (χ1) is 6.72. The van der Waals surface area contributed by atoms with Gasteiger partial charge in [0.05, 0.1) is 33.1 Å². The van der Waals surface area contributed by atoms with Crippen molar-refractivity contribution in [3.8, 4) is 11.6 Å². The number of rotatable bonds is 4. The van der Waals surface area contributed by atoms with Crippen LogP contribution in [0.15, 0.2) is 12.3 Å². The molecule has 1 aromatic rings. The second kappa shape index (κ2) is 4.78. The first-order valence-electron chi connectivity index (χ1n) is 4.17. The van der Waals surface area contributed by atoms with Gasteiger partial charge >= 0.3 is 0 Å². The number of hydrogen-bond donors (Lipinski definition) is 2. The van der Waals surface area contributed by atoms with Crippen LogP contribution in [-0.4, -0.2) is 30.9 Å². The van der Waals surface area contributed by atoms with E-state index in [-0.39, 0.29) is 6.61 Å². The van der Waals surface area contributed by atoms with Crippen LogP contribution < -0.4 is 15.2 Å². The minimum Gasteiger partial charge on any atom is -0.495 e. The molecule has 0 saturated carbocycles. The summed E-state index contributed by atoms with van der Waals surface area (Å²) >= 11 is 0. The molecule has 0 fully saturated rings. The zero-order chi connectivity index (χ0) is 10.6. The summed E-state index contributed by atoms with van der Waals surface area (Å²) in [6.07, 6.45) is 1.52. The van der Waals surface area contributed by atoms with Crippen molar-refractivity contribution < 1.29 is 14.6 Å². The molecule has 0 aromatic carbocycles. The number of nitrogens with zero attached hydrogens (tertiary/aromatic N) is 1. The van der Waals surface area contributed by atoms with Gasteiger partial charge in [-0.2, -0.15) is 0 Å². The average molecular weight is 198 g/mol. The minimum absolute atomic E-state index is 0.149. The summed E-state index contributed by atoms with van der Waals surface area (Å²) in [7, 11) is 3.04. The lowest BCUT2D eigenvalue weighted by molar-refractivity contribution is 0.264. The third-order valence-corrected chi connectivity index (χ3v) is 1.90. The smallest absolute Gasteiger partial charge is 0.213 e. The van der Waals surface area contributed by atoms with Gasteiger partial charge in [-0.15, -0.1) is 0 Å². The zero-order valence-electron chi connectivity index (χ0n) is 8.23. The molecular weight excluding hydrogens is 184 g/mol. The van der Waals surface area contributed by atoms with E-state index in [2.05, 4.69) is 4.98 Å². The lowest BCUT2D eigenvalue weighted by Gasteiger charge is -2.13. The van der Waals surface area contributed by atoms with Crippen LogP contribution in [0.25, 0.3) is 0 Å². The number of aromatic nitrogens is 1. The molecule has 1 aromatic heterocycles. The van der Waals surface area contributed by atoms with Gasteiger partial charge in [0, 0.05) is 11.6 Å². The Labute approximate surface area is 82.5 Å². The largest absolute Gasteiger partial charge is 0.495 e. The molecule has 0 aliphatic rings. The predicted molar refractivity (Wildman–Crippen MR) is 51.4 cm³/mol. The fourth-order valence-corrected chi connectivity index (χ4v) is 1.11. The Bertz CT molecular complexity index is 304. The SMILES string of the molecule is COc1cc(C(N)CO)c(OC)cn1. The Morgan fingerprint density at radius 2 is 2.21 bits per heavy atom. The quantitative estimate of drug-likeness (QED) is 0.717. The van der Waals surface area contributed by atoms with Crippen LogP contribution in [0.1, 0.15) is 11.6 Å². The average Bonchev–Trinajstić information content (AvgIpc) is 2.27. The third-order valence-electron chi connectivity index (χ3n) is 1.90. The number of aliphatic hydroxyl groups is 1. The number of aliphatic hydroxyl groups excluding tert-OH is 1. The van der Waals surface area contributed by atoms with Gasteiger partial charge in [0.1, 0.15) is 5.75 Å². The molecule has 0 aliphatic carbocycles. The van der Waals surface area contributed by atoms with E-state index in [4.69, 9.17) is 20.3 Å². The molecule has 5 nitrogen and oxygen atoms in total. The highest BCUT2D eigenvalue weighted by molar-refractivity contribution is 5.37. The molecule has 14 heavy (non-hydrogen) atoms. The van der Waals surface area contributed by atoms with Crippen LogP contribution in [-0.2, 0) is 0 Å². The first-order valence-corrected chi connectivity index (χ1v) is 4.17. The van der Waals surface area contributed by atoms with Gasteiger partial charge in [-0.1, -0.05) is 0 Å². The Kier molecular flexibility index (Phi) is 3.67. The minimum atomic E-state index is -0.484. The van der Waals surface area contributed by atoms with Gasteiger partial charge in [-0.05, 0) is 0 Å². The Morgan fingerprint density at radius 1 is 1.50 bits per heavy atom. The molecule has 1 unspecified atom stereocenters. The van der Waals surface area contributed by atoms with Crippen molar-refractivity contribution in [2.75, 3.05) is 20.8 Å². The van der Waals surface area contributed by atoms with Crippen molar-refractivity contribution in [1.29, 1.82) is 0 Å². The second-order valence-corrected chi connectivity index (χ2v) is 2.76. The van der Waals surface area contributed by atoms with Crippen molar-refractivity contribution >= 4 is 0 Å². The van der Waals surface area contributed by atoms with Crippen LogP contribution in [0.5, 0.6) is 11.6 Å². The van der Waals surface area contributed by atoms with E-state index in [1.807, 2.05) is 0 Å². The Morgan fingerprint density at radius 3 is 2.71 bits per heavy atom. The van der Waals surface area contributed by atoms with E-state index < -0.39 is 6.04 Å². The second-order valence-electron chi connectivity index (χ2n) is 2.76. The molecule has 0 radical (unpaired) electrons. The van der Waals surface area contributed by atoms with E-state index in [1.54, 1.807) is 6.07 Å². The molecule has 78 valence electrons. The monoisotopic (exact) mass is 198 g/mol. The summed E-state index contributed by atoms with van der Waals surface area (Å²) in [5.74, 6) is 0.997. The molecular formula is C9H14N2O3. The first kappa shape index (κ1) is 10.7. The highest BCUT2D eigenvalue weighted by atomic mass is 16.5. The zero-order valence-corrected chi connectivity index (χ0v) is 8.23. The maximum Gasteiger partial charge on any atom is 0.213 e. The molecule has 0 spiro atoms. The van der Waals surface area contributed by atoms with Gasteiger partial charge < -0.3 is 20.3 Å². The number of ether oxygens (including phenoxy) is 2. The summed E-state index contributed by atoms with van der Waals surface area (Å²) in [4.78, 5) is 3.96. The fraction of sp³-hybridized carbons (Fsp3) is 0.444. The molecule has 3 N–H and O–H groups in total. The van der Waals surface area contributed by atoms with Crippen LogP contribution in [0, 0.1) is 0 Å².